The van der Waals surface area contributed by atoms with Crippen LogP contribution < -0.4 is 5.32 Å². The zero-order valence-electron chi connectivity index (χ0n) is 13.0. The standard InChI is InChI=1S/C14H20N2O6S/c1-9-12(14(18)19)7-11(22-9)8-15-13(17)10-3-5-16(6-4-10)23(2,20)21/h7,10H,3-6,8H2,1-2H3,(H,15,17)(H,18,19). The highest BCUT2D eigenvalue weighted by molar-refractivity contribution is 7.88. The molecule has 23 heavy (non-hydrogen) atoms. The molecule has 128 valence electrons. The van der Waals surface area contributed by atoms with Crippen molar-refractivity contribution in [3.05, 3.63) is 23.2 Å². The van der Waals surface area contributed by atoms with Crippen LogP contribution in [0.25, 0.3) is 0 Å². The van der Waals surface area contributed by atoms with Crippen molar-refractivity contribution >= 4 is 21.9 Å². The first-order chi connectivity index (χ1) is 10.7. The summed E-state index contributed by atoms with van der Waals surface area (Å²) in [6.07, 6.45) is 2.10. The minimum absolute atomic E-state index is 0.0794. The average Bonchev–Trinajstić information content (AvgIpc) is 2.85. The molecule has 0 atom stereocenters. The first-order valence-corrected chi connectivity index (χ1v) is 9.08. The molecule has 2 heterocycles. The molecule has 1 aliphatic rings. The third-order valence-corrected chi connectivity index (χ3v) is 5.23. The van der Waals surface area contributed by atoms with Gasteiger partial charge < -0.3 is 14.8 Å². The number of piperidine rings is 1. The number of nitrogens with one attached hydrogen (secondary N) is 1. The molecule has 0 aliphatic carbocycles. The fourth-order valence-electron chi connectivity index (χ4n) is 2.61. The number of sulfonamides is 1. The topological polar surface area (TPSA) is 117 Å². The molecule has 1 aliphatic heterocycles. The van der Waals surface area contributed by atoms with E-state index in [2.05, 4.69) is 5.32 Å². The number of nitrogens with zero attached hydrogens (tertiary/aromatic N) is 1. The van der Waals surface area contributed by atoms with Gasteiger partial charge in [0.25, 0.3) is 0 Å². The molecular formula is C14H20N2O6S. The van der Waals surface area contributed by atoms with Gasteiger partial charge in [-0.3, -0.25) is 4.79 Å². The number of carboxylic acid groups (broad SMARTS) is 1. The molecule has 0 unspecified atom stereocenters. The third kappa shape index (κ3) is 4.32. The Morgan fingerprint density at radius 1 is 1.39 bits per heavy atom. The molecule has 0 radical (unpaired) electrons. The van der Waals surface area contributed by atoms with Crippen molar-refractivity contribution in [2.75, 3.05) is 19.3 Å². The van der Waals surface area contributed by atoms with Crippen LogP contribution in [0.2, 0.25) is 0 Å². The molecule has 1 saturated heterocycles. The number of aromatic carboxylic acids is 1. The molecular weight excluding hydrogens is 324 g/mol. The van der Waals surface area contributed by atoms with Crippen molar-refractivity contribution < 1.29 is 27.5 Å². The van der Waals surface area contributed by atoms with Gasteiger partial charge in [0.1, 0.15) is 17.1 Å². The van der Waals surface area contributed by atoms with Gasteiger partial charge in [0.2, 0.25) is 15.9 Å². The monoisotopic (exact) mass is 344 g/mol. The molecule has 2 N–H and O–H groups in total. The lowest BCUT2D eigenvalue weighted by atomic mass is 9.97. The fraction of sp³-hybridized carbons (Fsp3) is 0.571. The Bertz CT molecular complexity index is 701. The number of hydrogen-bond donors (Lipinski definition) is 2. The maximum atomic E-state index is 12.1. The van der Waals surface area contributed by atoms with Gasteiger partial charge in [-0.05, 0) is 25.8 Å². The normalized spacial score (nSPS) is 17.1. The molecule has 1 aromatic heterocycles. The number of hydrogen-bond acceptors (Lipinski definition) is 5. The van der Waals surface area contributed by atoms with Crippen LogP contribution in [0, 0.1) is 12.8 Å². The van der Waals surface area contributed by atoms with Gasteiger partial charge in [-0.2, -0.15) is 0 Å². The Labute approximate surface area is 134 Å². The molecule has 0 bridgehead atoms. The zero-order chi connectivity index (χ0) is 17.2. The van der Waals surface area contributed by atoms with Crippen LogP contribution in [0.15, 0.2) is 10.5 Å². The van der Waals surface area contributed by atoms with E-state index in [0.29, 0.717) is 37.5 Å². The zero-order valence-corrected chi connectivity index (χ0v) is 13.9. The van der Waals surface area contributed by atoms with Gasteiger partial charge in [-0.15, -0.1) is 0 Å². The SMILES string of the molecule is Cc1oc(CNC(=O)C2CCN(S(C)(=O)=O)CC2)cc1C(=O)O. The lowest BCUT2D eigenvalue weighted by Crippen LogP contribution is -2.42. The van der Waals surface area contributed by atoms with Gasteiger partial charge in [0, 0.05) is 19.0 Å². The van der Waals surface area contributed by atoms with E-state index >= 15 is 0 Å². The average molecular weight is 344 g/mol. The minimum atomic E-state index is -3.21. The summed E-state index contributed by atoms with van der Waals surface area (Å²) >= 11 is 0. The predicted octanol–water partition coefficient (Wildman–Crippen LogP) is 0.574. The number of carbonyl (C=O) groups is 2. The Morgan fingerprint density at radius 2 is 2.00 bits per heavy atom. The number of aryl methyl sites for hydroxylation is 1. The van der Waals surface area contributed by atoms with Crippen molar-refractivity contribution in [1.82, 2.24) is 9.62 Å². The molecule has 1 amide bonds. The lowest BCUT2D eigenvalue weighted by molar-refractivity contribution is -0.126. The molecule has 0 spiro atoms. The van der Waals surface area contributed by atoms with E-state index in [9.17, 15) is 18.0 Å². The van der Waals surface area contributed by atoms with E-state index in [1.807, 2.05) is 0 Å². The second kappa shape index (κ2) is 6.71. The molecule has 1 fully saturated rings. The van der Waals surface area contributed by atoms with Crippen LogP contribution in [0.5, 0.6) is 0 Å². The van der Waals surface area contributed by atoms with Crippen molar-refractivity contribution in [3.8, 4) is 0 Å². The molecule has 0 saturated carbocycles. The first kappa shape index (κ1) is 17.5. The van der Waals surface area contributed by atoms with E-state index < -0.39 is 16.0 Å². The second-order valence-electron chi connectivity index (χ2n) is 5.64. The van der Waals surface area contributed by atoms with Crippen LogP contribution in [-0.2, 0) is 21.4 Å². The maximum absolute atomic E-state index is 12.1. The van der Waals surface area contributed by atoms with Crippen molar-refractivity contribution in [2.45, 2.75) is 26.3 Å². The smallest absolute Gasteiger partial charge is 0.339 e. The maximum Gasteiger partial charge on any atom is 0.339 e. The van der Waals surface area contributed by atoms with Gasteiger partial charge in [-0.25, -0.2) is 17.5 Å². The summed E-state index contributed by atoms with van der Waals surface area (Å²) in [7, 11) is -3.21. The second-order valence-corrected chi connectivity index (χ2v) is 7.62. The van der Waals surface area contributed by atoms with E-state index in [-0.39, 0.29) is 23.9 Å². The largest absolute Gasteiger partial charge is 0.478 e. The van der Waals surface area contributed by atoms with E-state index in [4.69, 9.17) is 9.52 Å². The van der Waals surface area contributed by atoms with Gasteiger partial charge in [0.05, 0.1) is 12.8 Å². The summed E-state index contributed by atoms with van der Waals surface area (Å²) in [6.45, 7) is 2.33. The van der Waals surface area contributed by atoms with Crippen LogP contribution in [0.4, 0.5) is 0 Å². The number of rotatable bonds is 5. The molecule has 1 aromatic rings. The van der Waals surface area contributed by atoms with Crippen LogP contribution in [0.3, 0.4) is 0 Å². The highest BCUT2D eigenvalue weighted by atomic mass is 32.2. The lowest BCUT2D eigenvalue weighted by Gasteiger charge is -2.29. The summed E-state index contributed by atoms with van der Waals surface area (Å²) in [4.78, 5) is 23.0. The van der Waals surface area contributed by atoms with E-state index in [1.54, 1.807) is 6.92 Å². The Hall–Kier alpha value is -1.87. The molecule has 9 heteroatoms. The number of furan rings is 1. The highest BCUT2D eigenvalue weighted by Crippen LogP contribution is 2.20. The quantitative estimate of drug-likeness (QED) is 0.807. The predicted molar refractivity (Wildman–Crippen MR) is 81.4 cm³/mol. The Balaban J connectivity index is 1.86. The molecule has 0 aromatic carbocycles. The third-order valence-electron chi connectivity index (χ3n) is 3.93. The fourth-order valence-corrected chi connectivity index (χ4v) is 3.49. The van der Waals surface area contributed by atoms with Crippen molar-refractivity contribution in [2.24, 2.45) is 5.92 Å². The summed E-state index contributed by atoms with van der Waals surface area (Å²) in [5.74, 6) is -0.825. The van der Waals surface area contributed by atoms with Crippen LogP contribution in [0.1, 0.15) is 34.7 Å². The minimum Gasteiger partial charge on any atom is -0.478 e. The number of carbonyl (C=O) groups excluding carboxylic acids is 1. The summed E-state index contributed by atoms with van der Waals surface area (Å²) in [5, 5.41) is 11.7. The summed E-state index contributed by atoms with van der Waals surface area (Å²) in [6, 6.07) is 1.39. The van der Waals surface area contributed by atoms with Gasteiger partial charge >= 0.3 is 5.97 Å². The van der Waals surface area contributed by atoms with Gasteiger partial charge in [-0.1, -0.05) is 0 Å². The van der Waals surface area contributed by atoms with Crippen LogP contribution in [-0.4, -0.2) is 49.1 Å². The number of amides is 1. The summed E-state index contributed by atoms with van der Waals surface area (Å²) in [5.41, 5.74) is 0.0794. The highest BCUT2D eigenvalue weighted by Gasteiger charge is 2.28. The first-order valence-electron chi connectivity index (χ1n) is 7.24. The summed E-state index contributed by atoms with van der Waals surface area (Å²) < 4.78 is 29.5. The molecule has 8 nitrogen and oxygen atoms in total. The van der Waals surface area contributed by atoms with Crippen molar-refractivity contribution in [1.29, 1.82) is 0 Å². The number of carboxylic acids is 1. The van der Waals surface area contributed by atoms with E-state index in [0.717, 1.165) is 6.26 Å². The Morgan fingerprint density at radius 3 is 2.48 bits per heavy atom. The molecule has 2 rings (SSSR count). The van der Waals surface area contributed by atoms with Crippen molar-refractivity contribution in [3.63, 3.8) is 0 Å². The van der Waals surface area contributed by atoms with Gasteiger partial charge in [0.15, 0.2) is 0 Å². The Kier molecular flexibility index (Phi) is 5.10. The van der Waals surface area contributed by atoms with E-state index in [1.165, 1.54) is 10.4 Å². The van der Waals surface area contributed by atoms with Crippen LogP contribution >= 0.6 is 0 Å².